The summed E-state index contributed by atoms with van der Waals surface area (Å²) in [5.41, 5.74) is 2.63. The van der Waals surface area contributed by atoms with Gasteiger partial charge in [-0.1, -0.05) is 24.3 Å². The van der Waals surface area contributed by atoms with Gasteiger partial charge in [-0.25, -0.2) is 14.6 Å². The van der Waals surface area contributed by atoms with Crippen molar-refractivity contribution < 1.29 is 28.2 Å². The third-order valence-corrected chi connectivity index (χ3v) is 4.98. The molecule has 1 aliphatic heterocycles. The Balaban J connectivity index is 1.35. The largest absolute Gasteiger partial charge is 0.490 e. The van der Waals surface area contributed by atoms with Crippen molar-refractivity contribution >= 4 is 12.1 Å². The number of amides is 1. The molecule has 2 aromatic carbocycles. The number of carbonyl (C=O) groups excluding carboxylic acids is 2. The van der Waals surface area contributed by atoms with Crippen LogP contribution in [0.3, 0.4) is 0 Å². The van der Waals surface area contributed by atoms with Crippen LogP contribution in [0.4, 0.5) is 4.79 Å². The normalized spacial score (nSPS) is 15.3. The maximum absolute atomic E-state index is 11.5. The quantitative estimate of drug-likeness (QED) is 0.374. The minimum atomic E-state index is -0.678. The van der Waals surface area contributed by atoms with Crippen molar-refractivity contribution in [2.24, 2.45) is 0 Å². The fourth-order valence-electron chi connectivity index (χ4n) is 3.43. The highest BCUT2D eigenvalue weighted by atomic mass is 16.6. The lowest BCUT2D eigenvalue weighted by molar-refractivity contribution is -0.135. The van der Waals surface area contributed by atoms with E-state index in [1.165, 1.54) is 0 Å². The summed E-state index contributed by atoms with van der Waals surface area (Å²) in [5.74, 6) is 1.29. The van der Waals surface area contributed by atoms with Crippen LogP contribution in [0.15, 0.2) is 59.2 Å². The number of rotatable bonds is 10. The summed E-state index contributed by atoms with van der Waals surface area (Å²) in [5, 5.41) is 2.51. The summed E-state index contributed by atoms with van der Waals surface area (Å²) in [6.07, 6.45) is 2.87. The van der Waals surface area contributed by atoms with Crippen molar-refractivity contribution in [3.8, 4) is 23.0 Å². The first kappa shape index (κ1) is 21.4. The Bertz CT molecular complexity index is 1080. The van der Waals surface area contributed by atoms with Crippen LogP contribution in [0.1, 0.15) is 31.0 Å². The van der Waals surface area contributed by atoms with Crippen LogP contribution in [0.2, 0.25) is 0 Å². The molecule has 0 aliphatic carbocycles. The third-order valence-electron chi connectivity index (χ3n) is 4.98. The van der Waals surface area contributed by atoms with E-state index in [0.29, 0.717) is 42.5 Å². The minimum Gasteiger partial charge on any atom is -0.490 e. The van der Waals surface area contributed by atoms with Gasteiger partial charge in [-0.3, -0.25) is 0 Å². The Morgan fingerprint density at radius 2 is 1.91 bits per heavy atom. The molecule has 0 radical (unpaired) electrons. The van der Waals surface area contributed by atoms with Crippen LogP contribution in [0.25, 0.3) is 11.5 Å². The number of oxazole rings is 1. The number of nitrogens with one attached hydrogen (secondary N) is 1. The number of ether oxygens (including phenoxy) is 3. The van der Waals surface area contributed by atoms with E-state index in [1.54, 1.807) is 6.26 Å². The lowest BCUT2D eigenvalue weighted by Gasteiger charge is -2.13. The number of benzene rings is 2. The van der Waals surface area contributed by atoms with Crippen molar-refractivity contribution in [3.63, 3.8) is 0 Å². The van der Waals surface area contributed by atoms with Gasteiger partial charge >= 0.3 is 12.1 Å². The van der Waals surface area contributed by atoms with Crippen molar-refractivity contribution in [2.75, 3.05) is 6.61 Å². The van der Waals surface area contributed by atoms with Gasteiger partial charge in [-0.05, 0) is 56.0 Å². The zero-order valence-electron chi connectivity index (χ0n) is 17.7. The van der Waals surface area contributed by atoms with Gasteiger partial charge in [0, 0.05) is 5.56 Å². The molecule has 0 saturated carbocycles. The van der Waals surface area contributed by atoms with Gasteiger partial charge in [0.05, 0.1) is 6.61 Å². The Morgan fingerprint density at radius 3 is 2.66 bits per heavy atom. The van der Waals surface area contributed by atoms with Crippen LogP contribution in [-0.2, 0) is 22.6 Å². The molecule has 32 heavy (non-hydrogen) atoms. The molecular formula is C24H24N2O6. The number of hydrogen-bond acceptors (Lipinski definition) is 7. The van der Waals surface area contributed by atoms with Gasteiger partial charge in [0.2, 0.25) is 5.89 Å². The lowest BCUT2D eigenvalue weighted by Crippen LogP contribution is -2.28. The summed E-state index contributed by atoms with van der Waals surface area (Å²) in [6.45, 7) is 2.66. The van der Waals surface area contributed by atoms with E-state index in [-0.39, 0.29) is 6.61 Å². The molecule has 1 unspecified atom stereocenters. The molecule has 1 amide bonds. The summed E-state index contributed by atoms with van der Waals surface area (Å²) in [6, 6.07) is 14.9. The van der Waals surface area contributed by atoms with Crippen molar-refractivity contribution in [1.29, 1.82) is 0 Å². The van der Waals surface area contributed by atoms with Crippen LogP contribution in [0, 0.1) is 0 Å². The fourth-order valence-corrected chi connectivity index (χ4v) is 3.43. The summed E-state index contributed by atoms with van der Waals surface area (Å²) < 4.78 is 21.7. The van der Waals surface area contributed by atoms with Crippen LogP contribution >= 0.6 is 0 Å². The first-order valence-electron chi connectivity index (χ1n) is 10.5. The number of esters is 1. The smallest absolute Gasteiger partial charge is 0.415 e. The van der Waals surface area contributed by atoms with Crippen LogP contribution in [0.5, 0.6) is 11.5 Å². The van der Waals surface area contributed by atoms with Gasteiger partial charge in [0.15, 0.2) is 11.5 Å². The molecule has 3 aromatic rings. The number of cyclic esters (lactones) is 2. The Hall–Kier alpha value is -3.81. The molecule has 8 heteroatoms. The van der Waals surface area contributed by atoms with Crippen molar-refractivity contribution in [2.45, 2.75) is 38.8 Å². The Morgan fingerprint density at radius 1 is 1.06 bits per heavy atom. The van der Waals surface area contributed by atoms with Crippen LogP contribution in [-0.4, -0.2) is 29.7 Å². The second-order valence-electron chi connectivity index (χ2n) is 7.31. The topological polar surface area (TPSA) is 99.9 Å². The number of carbonyl (C=O) groups is 2. The highest BCUT2D eigenvalue weighted by molar-refractivity contribution is 5.95. The average molecular weight is 436 g/mol. The minimum absolute atomic E-state index is 0.249. The molecule has 1 N–H and O–H groups in total. The molecule has 8 nitrogen and oxygen atoms in total. The monoisotopic (exact) mass is 436 g/mol. The molecule has 0 spiro atoms. The van der Waals surface area contributed by atoms with E-state index < -0.39 is 18.1 Å². The van der Waals surface area contributed by atoms with E-state index in [1.807, 2.05) is 55.5 Å². The molecular weight excluding hydrogens is 412 g/mol. The number of hydrogen-bond donors (Lipinski definition) is 1. The highest BCUT2D eigenvalue weighted by Crippen LogP contribution is 2.30. The second-order valence-corrected chi connectivity index (χ2v) is 7.31. The lowest BCUT2D eigenvalue weighted by atomic mass is 10.0. The van der Waals surface area contributed by atoms with Gasteiger partial charge in [-0.2, -0.15) is 0 Å². The first-order valence-corrected chi connectivity index (χ1v) is 10.5. The van der Waals surface area contributed by atoms with Gasteiger partial charge in [0.1, 0.15) is 24.6 Å². The number of nitrogens with zero attached hydrogens (tertiary/aromatic N) is 1. The summed E-state index contributed by atoms with van der Waals surface area (Å²) in [4.78, 5) is 27.1. The zero-order valence-corrected chi connectivity index (χ0v) is 17.7. The predicted molar refractivity (Wildman–Crippen MR) is 115 cm³/mol. The molecule has 4 rings (SSSR count). The summed E-state index contributed by atoms with van der Waals surface area (Å²) in [7, 11) is 0. The SMILES string of the molecule is CCOc1cc(CCCC2NC(=O)OC2=O)ccc1OCc1coc(-c2ccccc2)n1. The number of aromatic nitrogens is 1. The standard InChI is InChI=1S/C24H24N2O6/c1-2-29-21-13-16(7-6-10-19-23(27)32-24(28)26-19)11-12-20(21)30-14-18-15-31-22(25-18)17-8-4-3-5-9-17/h3-5,8-9,11-13,15,19H,2,6-7,10,14H2,1H3,(H,26,28). The maximum atomic E-state index is 11.5. The third kappa shape index (κ3) is 5.26. The van der Waals surface area contributed by atoms with E-state index in [9.17, 15) is 9.59 Å². The van der Waals surface area contributed by atoms with Gasteiger partial charge in [0.25, 0.3) is 0 Å². The molecule has 0 bridgehead atoms. The van der Waals surface area contributed by atoms with Crippen molar-refractivity contribution in [3.05, 3.63) is 66.1 Å². The molecule has 1 atom stereocenters. The molecule has 1 aliphatic rings. The highest BCUT2D eigenvalue weighted by Gasteiger charge is 2.31. The molecule has 166 valence electrons. The van der Waals surface area contributed by atoms with Crippen molar-refractivity contribution in [1.82, 2.24) is 10.3 Å². The molecule has 1 aromatic heterocycles. The molecule has 1 saturated heterocycles. The Labute approximate surface area is 185 Å². The number of aryl methyl sites for hydroxylation is 1. The average Bonchev–Trinajstić information content (AvgIpc) is 3.40. The van der Waals surface area contributed by atoms with E-state index in [4.69, 9.17) is 13.9 Å². The predicted octanol–water partition coefficient (Wildman–Crippen LogP) is 4.28. The van der Waals surface area contributed by atoms with Gasteiger partial charge < -0.3 is 23.9 Å². The first-order chi connectivity index (χ1) is 15.6. The molecule has 2 heterocycles. The van der Waals surface area contributed by atoms with E-state index >= 15 is 0 Å². The second kappa shape index (κ2) is 10.00. The summed E-state index contributed by atoms with van der Waals surface area (Å²) >= 11 is 0. The Kier molecular flexibility index (Phi) is 6.69. The van der Waals surface area contributed by atoms with E-state index in [0.717, 1.165) is 17.5 Å². The molecule has 1 fully saturated rings. The van der Waals surface area contributed by atoms with E-state index in [2.05, 4.69) is 15.0 Å². The zero-order chi connectivity index (χ0) is 22.3. The maximum Gasteiger partial charge on any atom is 0.415 e. The van der Waals surface area contributed by atoms with Gasteiger partial charge in [-0.15, -0.1) is 0 Å². The number of alkyl carbamates (subject to hydrolysis) is 1. The fraction of sp³-hybridized carbons (Fsp3) is 0.292. The van der Waals surface area contributed by atoms with Crippen LogP contribution < -0.4 is 14.8 Å².